The Hall–Kier alpha value is -2.29. The van der Waals surface area contributed by atoms with Crippen molar-refractivity contribution < 1.29 is 14.8 Å². The molecule has 2 aromatic carbocycles. The molecule has 5 heteroatoms. The molecule has 0 aliphatic heterocycles. The second-order valence-electron chi connectivity index (χ2n) is 4.00. The molecule has 0 unspecified atom stereocenters. The van der Waals surface area contributed by atoms with Crippen LogP contribution in [-0.4, -0.2) is 17.2 Å². The summed E-state index contributed by atoms with van der Waals surface area (Å²) in [7, 11) is -1.48. The molecule has 0 heterocycles. The molecule has 0 atom stereocenters. The van der Waals surface area contributed by atoms with Crippen LogP contribution in [0.2, 0.25) is 0 Å². The zero-order valence-corrected chi connectivity index (χ0v) is 10.2. The van der Waals surface area contributed by atoms with Gasteiger partial charge in [0.05, 0.1) is 11.6 Å². The van der Waals surface area contributed by atoms with Crippen LogP contribution in [0.3, 0.4) is 0 Å². The van der Waals surface area contributed by atoms with Crippen molar-refractivity contribution in [2.75, 3.05) is 0 Å². The maximum absolute atomic E-state index is 8.97. The van der Waals surface area contributed by atoms with Gasteiger partial charge >= 0.3 is 7.12 Å². The van der Waals surface area contributed by atoms with Crippen LogP contribution in [0.4, 0.5) is 0 Å². The molecule has 0 aliphatic rings. The lowest BCUT2D eigenvalue weighted by molar-refractivity contribution is 0.306. The van der Waals surface area contributed by atoms with Crippen molar-refractivity contribution in [3.05, 3.63) is 59.7 Å². The molecule has 4 nitrogen and oxygen atoms in total. The fraction of sp³-hybridized carbons (Fsp3) is 0.0714. The third-order valence-corrected chi connectivity index (χ3v) is 2.71. The summed E-state index contributed by atoms with van der Waals surface area (Å²) in [5.74, 6) is 0.608. The van der Waals surface area contributed by atoms with E-state index in [1.54, 1.807) is 36.4 Å². The summed E-state index contributed by atoms with van der Waals surface area (Å²) in [6.07, 6.45) is 0. The Kier molecular flexibility index (Phi) is 4.19. The number of nitriles is 1. The monoisotopic (exact) mass is 253 g/mol. The summed E-state index contributed by atoms with van der Waals surface area (Å²) in [4.78, 5) is 0. The van der Waals surface area contributed by atoms with Gasteiger partial charge < -0.3 is 14.8 Å². The molecule has 0 fully saturated rings. The van der Waals surface area contributed by atoms with Crippen LogP contribution in [-0.2, 0) is 6.61 Å². The summed E-state index contributed by atoms with van der Waals surface area (Å²) in [5, 5.41) is 26.9. The van der Waals surface area contributed by atoms with Crippen LogP contribution in [0, 0.1) is 11.3 Å². The molecular formula is C14H12BNO3. The van der Waals surface area contributed by atoms with E-state index in [1.807, 2.05) is 12.1 Å². The van der Waals surface area contributed by atoms with E-state index in [4.69, 9.17) is 20.0 Å². The smallest absolute Gasteiger partial charge is 0.488 e. The van der Waals surface area contributed by atoms with Gasteiger partial charge in [0.1, 0.15) is 12.4 Å². The lowest BCUT2D eigenvalue weighted by Gasteiger charge is -2.08. The number of hydrogen-bond donors (Lipinski definition) is 2. The highest BCUT2D eigenvalue weighted by Gasteiger charge is 2.10. The zero-order chi connectivity index (χ0) is 13.7. The molecule has 0 spiro atoms. The SMILES string of the molecule is N#Cc1ccccc1COc1ccc(B(O)O)cc1. The predicted octanol–water partition coefficient (Wildman–Crippen LogP) is 0.817. The van der Waals surface area contributed by atoms with E-state index in [0.717, 1.165) is 5.56 Å². The minimum atomic E-state index is -1.48. The van der Waals surface area contributed by atoms with E-state index >= 15 is 0 Å². The van der Waals surface area contributed by atoms with E-state index in [0.29, 0.717) is 23.4 Å². The minimum absolute atomic E-state index is 0.296. The quantitative estimate of drug-likeness (QED) is 0.791. The van der Waals surface area contributed by atoms with Crippen LogP contribution in [0.25, 0.3) is 0 Å². The molecule has 2 N–H and O–H groups in total. The molecule has 2 rings (SSSR count). The molecular weight excluding hydrogens is 241 g/mol. The Balaban J connectivity index is 2.04. The van der Waals surface area contributed by atoms with Crippen molar-refractivity contribution in [3.8, 4) is 11.8 Å². The van der Waals surface area contributed by atoms with Gasteiger partial charge in [-0.15, -0.1) is 0 Å². The van der Waals surface area contributed by atoms with Crippen molar-refractivity contribution >= 4 is 12.6 Å². The largest absolute Gasteiger partial charge is 0.489 e. The lowest BCUT2D eigenvalue weighted by atomic mass is 9.80. The number of benzene rings is 2. The Bertz CT molecular complexity index is 590. The molecule has 0 aliphatic carbocycles. The standard InChI is InChI=1S/C14H12BNO3/c16-9-11-3-1-2-4-12(11)10-19-14-7-5-13(6-8-14)15(17)18/h1-8,17-18H,10H2. The first-order valence-electron chi connectivity index (χ1n) is 5.77. The minimum Gasteiger partial charge on any atom is -0.489 e. The van der Waals surface area contributed by atoms with Crippen LogP contribution in [0.15, 0.2) is 48.5 Å². The van der Waals surface area contributed by atoms with Gasteiger partial charge in [0.25, 0.3) is 0 Å². The van der Waals surface area contributed by atoms with E-state index in [1.165, 1.54) is 0 Å². The van der Waals surface area contributed by atoms with Gasteiger partial charge in [-0.3, -0.25) is 0 Å². The maximum atomic E-state index is 8.97. The van der Waals surface area contributed by atoms with E-state index in [9.17, 15) is 0 Å². The third kappa shape index (κ3) is 3.35. The Morgan fingerprint density at radius 1 is 1.05 bits per heavy atom. The first-order chi connectivity index (χ1) is 9.20. The van der Waals surface area contributed by atoms with E-state index < -0.39 is 7.12 Å². The molecule has 0 aromatic heterocycles. The summed E-state index contributed by atoms with van der Waals surface area (Å²) >= 11 is 0. The average Bonchev–Trinajstić information content (AvgIpc) is 2.45. The van der Waals surface area contributed by atoms with Crippen molar-refractivity contribution in [2.45, 2.75) is 6.61 Å². The summed E-state index contributed by atoms with van der Waals surface area (Å²) in [5.41, 5.74) is 1.81. The Labute approximate surface area is 111 Å². The first-order valence-corrected chi connectivity index (χ1v) is 5.77. The molecule has 0 saturated carbocycles. The maximum Gasteiger partial charge on any atom is 0.488 e. The van der Waals surface area contributed by atoms with Crippen LogP contribution in [0.1, 0.15) is 11.1 Å². The summed E-state index contributed by atoms with van der Waals surface area (Å²) in [6, 6.07) is 15.8. The second-order valence-corrected chi connectivity index (χ2v) is 4.00. The topological polar surface area (TPSA) is 73.5 Å². The van der Waals surface area contributed by atoms with Crippen LogP contribution in [0.5, 0.6) is 5.75 Å². The predicted molar refractivity (Wildman–Crippen MR) is 71.8 cm³/mol. The molecule has 0 radical (unpaired) electrons. The highest BCUT2D eigenvalue weighted by molar-refractivity contribution is 6.58. The summed E-state index contributed by atoms with van der Waals surface area (Å²) < 4.78 is 5.55. The fourth-order valence-corrected chi connectivity index (χ4v) is 1.65. The number of rotatable bonds is 4. The van der Waals surface area contributed by atoms with Crippen molar-refractivity contribution in [1.29, 1.82) is 5.26 Å². The number of nitrogens with zero attached hydrogens (tertiary/aromatic N) is 1. The van der Waals surface area contributed by atoms with Crippen LogP contribution >= 0.6 is 0 Å². The van der Waals surface area contributed by atoms with Gasteiger partial charge in [0, 0.05) is 5.56 Å². The highest BCUT2D eigenvalue weighted by atomic mass is 16.5. The first kappa shape index (κ1) is 13.2. The molecule has 0 bridgehead atoms. The molecule has 0 saturated heterocycles. The van der Waals surface area contributed by atoms with Gasteiger partial charge in [-0.25, -0.2) is 0 Å². The number of hydrogen-bond acceptors (Lipinski definition) is 4. The molecule has 19 heavy (non-hydrogen) atoms. The molecule has 94 valence electrons. The van der Waals surface area contributed by atoms with Gasteiger partial charge in [0.2, 0.25) is 0 Å². The van der Waals surface area contributed by atoms with Gasteiger partial charge in [-0.1, -0.05) is 30.3 Å². The zero-order valence-electron chi connectivity index (χ0n) is 10.2. The molecule has 0 amide bonds. The van der Waals surface area contributed by atoms with Gasteiger partial charge in [0.15, 0.2) is 0 Å². The van der Waals surface area contributed by atoms with Gasteiger partial charge in [-0.2, -0.15) is 5.26 Å². The van der Waals surface area contributed by atoms with Gasteiger partial charge in [-0.05, 0) is 23.7 Å². The van der Waals surface area contributed by atoms with Crippen molar-refractivity contribution in [1.82, 2.24) is 0 Å². The Morgan fingerprint density at radius 3 is 2.37 bits per heavy atom. The highest BCUT2D eigenvalue weighted by Crippen LogP contribution is 2.13. The average molecular weight is 253 g/mol. The van der Waals surface area contributed by atoms with Crippen molar-refractivity contribution in [3.63, 3.8) is 0 Å². The Morgan fingerprint density at radius 2 is 1.74 bits per heavy atom. The second kappa shape index (κ2) is 6.05. The van der Waals surface area contributed by atoms with Crippen molar-refractivity contribution in [2.24, 2.45) is 0 Å². The fourth-order valence-electron chi connectivity index (χ4n) is 1.65. The molecule has 2 aromatic rings. The van der Waals surface area contributed by atoms with E-state index in [-0.39, 0.29) is 0 Å². The lowest BCUT2D eigenvalue weighted by Crippen LogP contribution is -2.29. The van der Waals surface area contributed by atoms with E-state index in [2.05, 4.69) is 6.07 Å². The summed E-state index contributed by atoms with van der Waals surface area (Å²) in [6.45, 7) is 0.296. The third-order valence-electron chi connectivity index (χ3n) is 2.71. The van der Waals surface area contributed by atoms with Crippen LogP contribution < -0.4 is 10.2 Å². The normalized spacial score (nSPS) is 9.74. The number of ether oxygens (including phenoxy) is 1.